The lowest BCUT2D eigenvalue weighted by Gasteiger charge is -2.38. The van der Waals surface area contributed by atoms with Crippen molar-refractivity contribution in [2.75, 3.05) is 0 Å². The second-order valence-electron chi connectivity index (χ2n) is 6.47. The molecule has 0 heterocycles. The maximum absolute atomic E-state index is 5.88. The van der Waals surface area contributed by atoms with E-state index in [1.54, 1.807) is 0 Å². The van der Waals surface area contributed by atoms with Crippen LogP contribution in [0.4, 0.5) is 0 Å². The van der Waals surface area contributed by atoms with Crippen molar-refractivity contribution in [3.8, 4) is 0 Å². The summed E-state index contributed by atoms with van der Waals surface area (Å²) in [6.45, 7) is 4.76. The van der Waals surface area contributed by atoms with Crippen molar-refractivity contribution in [2.45, 2.75) is 71.3 Å². The molecule has 2 fully saturated rings. The number of nitrogens with one attached hydrogen (secondary N) is 1. The minimum absolute atomic E-state index is 0.585. The number of hydrogen-bond acceptors (Lipinski definition) is 2. The Morgan fingerprint density at radius 2 is 1.94 bits per heavy atom. The van der Waals surface area contributed by atoms with Crippen molar-refractivity contribution in [3.63, 3.8) is 0 Å². The topological polar surface area (TPSA) is 38.0 Å². The standard InChI is InChI=1S/C15H30N2/c1-3-12-7-5-8-13(10-12)15(17-16)14-9-4-6-11(14)2/h11-15,17H,3-10,16H2,1-2H3. The molecule has 2 aliphatic carbocycles. The molecule has 3 N–H and O–H groups in total. The minimum atomic E-state index is 0.585. The molecule has 100 valence electrons. The zero-order valence-corrected chi connectivity index (χ0v) is 11.6. The highest BCUT2D eigenvalue weighted by molar-refractivity contribution is 4.90. The SMILES string of the molecule is CCC1CCCC(C(NN)C2CCCC2C)C1. The van der Waals surface area contributed by atoms with Crippen molar-refractivity contribution in [1.82, 2.24) is 5.43 Å². The normalized spacial score (nSPS) is 40.4. The van der Waals surface area contributed by atoms with E-state index in [4.69, 9.17) is 5.84 Å². The quantitative estimate of drug-likeness (QED) is 0.581. The molecule has 0 spiro atoms. The van der Waals surface area contributed by atoms with Crippen LogP contribution in [0, 0.1) is 23.7 Å². The van der Waals surface area contributed by atoms with Crippen molar-refractivity contribution >= 4 is 0 Å². The van der Waals surface area contributed by atoms with E-state index >= 15 is 0 Å². The highest BCUT2D eigenvalue weighted by Crippen LogP contribution is 2.41. The lowest BCUT2D eigenvalue weighted by Crippen LogP contribution is -2.48. The van der Waals surface area contributed by atoms with Gasteiger partial charge in [-0.1, -0.05) is 46.0 Å². The van der Waals surface area contributed by atoms with Crippen LogP contribution >= 0.6 is 0 Å². The lowest BCUT2D eigenvalue weighted by molar-refractivity contribution is 0.151. The van der Waals surface area contributed by atoms with E-state index < -0.39 is 0 Å². The molecule has 0 aliphatic heterocycles. The third-order valence-corrected chi connectivity index (χ3v) is 5.49. The summed E-state index contributed by atoms with van der Waals surface area (Å²) in [5.41, 5.74) is 3.19. The van der Waals surface area contributed by atoms with Gasteiger partial charge in [-0.15, -0.1) is 0 Å². The summed E-state index contributed by atoms with van der Waals surface area (Å²) in [7, 11) is 0. The molecule has 2 heteroatoms. The fourth-order valence-corrected chi connectivity index (χ4v) is 4.35. The Kier molecular flexibility index (Phi) is 4.87. The molecule has 0 amide bonds. The summed E-state index contributed by atoms with van der Waals surface area (Å²) in [5, 5.41) is 0. The molecule has 0 bridgehead atoms. The van der Waals surface area contributed by atoms with E-state index in [0.29, 0.717) is 6.04 Å². The molecule has 2 nitrogen and oxygen atoms in total. The summed E-state index contributed by atoms with van der Waals surface area (Å²) in [6.07, 6.45) is 11.2. The van der Waals surface area contributed by atoms with Crippen molar-refractivity contribution in [3.05, 3.63) is 0 Å². The van der Waals surface area contributed by atoms with Crippen molar-refractivity contribution in [2.24, 2.45) is 29.5 Å². The number of hydrazine groups is 1. The van der Waals surface area contributed by atoms with Crippen LogP contribution in [0.15, 0.2) is 0 Å². The second-order valence-corrected chi connectivity index (χ2v) is 6.47. The van der Waals surface area contributed by atoms with Gasteiger partial charge in [-0.3, -0.25) is 11.3 Å². The molecule has 2 rings (SSSR count). The van der Waals surface area contributed by atoms with E-state index in [2.05, 4.69) is 19.3 Å². The summed E-state index contributed by atoms with van der Waals surface area (Å²) in [4.78, 5) is 0. The van der Waals surface area contributed by atoms with E-state index in [9.17, 15) is 0 Å². The van der Waals surface area contributed by atoms with E-state index in [-0.39, 0.29) is 0 Å². The Morgan fingerprint density at radius 1 is 1.18 bits per heavy atom. The minimum Gasteiger partial charge on any atom is -0.271 e. The molecule has 2 saturated carbocycles. The highest BCUT2D eigenvalue weighted by Gasteiger charge is 2.36. The Balaban J connectivity index is 1.97. The molecule has 0 saturated heterocycles. The third kappa shape index (κ3) is 3.03. The average molecular weight is 238 g/mol. The second kappa shape index (κ2) is 6.19. The van der Waals surface area contributed by atoms with Crippen LogP contribution < -0.4 is 11.3 Å². The van der Waals surface area contributed by atoms with E-state index in [1.807, 2.05) is 0 Å². The highest BCUT2D eigenvalue weighted by atomic mass is 15.2. The van der Waals surface area contributed by atoms with Gasteiger partial charge in [-0.2, -0.15) is 0 Å². The largest absolute Gasteiger partial charge is 0.271 e. The Labute approximate surface area is 107 Å². The van der Waals surface area contributed by atoms with Crippen LogP contribution in [-0.2, 0) is 0 Å². The summed E-state index contributed by atoms with van der Waals surface area (Å²) in [5.74, 6) is 9.39. The first kappa shape index (κ1) is 13.4. The van der Waals surface area contributed by atoms with Crippen molar-refractivity contribution in [1.29, 1.82) is 0 Å². The van der Waals surface area contributed by atoms with E-state index in [0.717, 1.165) is 23.7 Å². The van der Waals surface area contributed by atoms with Crippen LogP contribution in [0.3, 0.4) is 0 Å². The Bertz CT molecular complexity index is 229. The molecule has 0 radical (unpaired) electrons. The molecular weight excluding hydrogens is 208 g/mol. The zero-order chi connectivity index (χ0) is 12.3. The van der Waals surface area contributed by atoms with Crippen LogP contribution in [0.1, 0.15) is 65.2 Å². The first-order valence-electron chi connectivity index (χ1n) is 7.72. The van der Waals surface area contributed by atoms with Gasteiger partial charge in [0.1, 0.15) is 0 Å². The zero-order valence-electron chi connectivity index (χ0n) is 11.6. The lowest BCUT2D eigenvalue weighted by atomic mass is 9.72. The predicted octanol–water partition coefficient (Wildman–Crippen LogP) is 3.47. The summed E-state index contributed by atoms with van der Waals surface area (Å²) >= 11 is 0. The van der Waals surface area contributed by atoms with Gasteiger partial charge in [-0.05, 0) is 42.9 Å². The van der Waals surface area contributed by atoms with Gasteiger partial charge >= 0.3 is 0 Å². The fraction of sp³-hybridized carbons (Fsp3) is 1.00. The molecule has 0 aromatic heterocycles. The fourth-order valence-electron chi connectivity index (χ4n) is 4.35. The molecular formula is C15H30N2. The van der Waals surface area contributed by atoms with Gasteiger partial charge in [0, 0.05) is 6.04 Å². The van der Waals surface area contributed by atoms with Gasteiger partial charge < -0.3 is 0 Å². The monoisotopic (exact) mass is 238 g/mol. The Morgan fingerprint density at radius 3 is 2.53 bits per heavy atom. The van der Waals surface area contributed by atoms with Crippen LogP contribution in [0.2, 0.25) is 0 Å². The first-order valence-corrected chi connectivity index (χ1v) is 7.72. The van der Waals surface area contributed by atoms with Gasteiger partial charge in [0.2, 0.25) is 0 Å². The number of hydrogen-bond donors (Lipinski definition) is 2. The van der Waals surface area contributed by atoms with Crippen LogP contribution in [0.25, 0.3) is 0 Å². The molecule has 0 aromatic carbocycles. The van der Waals surface area contributed by atoms with Gasteiger partial charge in [0.05, 0.1) is 0 Å². The summed E-state index contributed by atoms with van der Waals surface area (Å²) in [6, 6.07) is 0.585. The molecule has 17 heavy (non-hydrogen) atoms. The molecule has 2 aliphatic rings. The third-order valence-electron chi connectivity index (χ3n) is 5.49. The number of rotatable bonds is 4. The first-order chi connectivity index (χ1) is 8.26. The summed E-state index contributed by atoms with van der Waals surface area (Å²) < 4.78 is 0. The van der Waals surface area contributed by atoms with E-state index in [1.165, 1.54) is 51.4 Å². The molecule has 5 atom stereocenters. The van der Waals surface area contributed by atoms with Crippen LogP contribution in [-0.4, -0.2) is 6.04 Å². The maximum atomic E-state index is 5.88. The van der Waals surface area contributed by atoms with Crippen molar-refractivity contribution < 1.29 is 0 Å². The average Bonchev–Trinajstić information content (AvgIpc) is 2.77. The van der Waals surface area contributed by atoms with Gasteiger partial charge in [0.15, 0.2) is 0 Å². The van der Waals surface area contributed by atoms with Crippen LogP contribution in [0.5, 0.6) is 0 Å². The van der Waals surface area contributed by atoms with Gasteiger partial charge in [0.25, 0.3) is 0 Å². The van der Waals surface area contributed by atoms with Gasteiger partial charge in [-0.25, -0.2) is 0 Å². The smallest absolute Gasteiger partial charge is 0.0269 e. The maximum Gasteiger partial charge on any atom is 0.0269 e. The molecule has 0 aromatic rings. The molecule has 5 unspecified atom stereocenters. The number of nitrogens with two attached hydrogens (primary N) is 1. The Hall–Kier alpha value is -0.0800. The predicted molar refractivity (Wildman–Crippen MR) is 73.4 cm³/mol.